The average molecular weight is 202 g/mol. The Bertz CT molecular complexity index is 206. The topological polar surface area (TPSA) is 83.6 Å². The molecule has 1 unspecified atom stereocenters. The number of nitrogens with zero attached hydrogens (tertiary/aromatic N) is 1. The second-order valence-corrected chi connectivity index (χ2v) is 3.27. The van der Waals surface area contributed by atoms with Crippen LogP contribution in [0.1, 0.15) is 26.2 Å². The molecule has 0 saturated carbocycles. The maximum Gasteiger partial charge on any atom is 0.303 e. The first-order valence-electron chi connectivity index (χ1n) is 4.71. The summed E-state index contributed by atoms with van der Waals surface area (Å²) in [6.07, 6.45) is 1.15. The molecular formula is C9H18N2O3. The third kappa shape index (κ3) is 4.81. The molecule has 0 heterocycles. The molecule has 14 heavy (non-hydrogen) atoms. The quantitative estimate of drug-likeness (QED) is 0.637. The predicted molar refractivity (Wildman–Crippen MR) is 52.8 cm³/mol. The number of carbonyl (C=O) groups is 2. The maximum absolute atomic E-state index is 11.4. The van der Waals surface area contributed by atoms with Gasteiger partial charge in [-0.2, -0.15) is 0 Å². The lowest BCUT2D eigenvalue weighted by Gasteiger charge is -2.19. The zero-order chi connectivity index (χ0) is 11.1. The van der Waals surface area contributed by atoms with Crippen molar-refractivity contribution in [3.63, 3.8) is 0 Å². The number of carbonyl (C=O) groups excluding carboxylic acids is 1. The largest absolute Gasteiger partial charge is 0.481 e. The van der Waals surface area contributed by atoms with Crippen molar-refractivity contribution in [3.8, 4) is 0 Å². The Labute approximate surface area is 83.9 Å². The molecule has 0 spiro atoms. The van der Waals surface area contributed by atoms with E-state index in [9.17, 15) is 9.59 Å². The zero-order valence-corrected chi connectivity index (χ0v) is 8.69. The fourth-order valence-electron chi connectivity index (χ4n) is 1.04. The van der Waals surface area contributed by atoms with Crippen LogP contribution in [0, 0.1) is 0 Å². The fourth-order valence-corrected chi connectivity index (χ4v) is 1.04. The predicted octanol–water partition coefficient (Wildman–Crippen LogP) is 0.0469. The van der Waals surface area contributed by atoms with Gasteiger partial charge in [-0.05, 0) is 12.8 Å². The minimum Gasteiger partial charge on any atom is -0.481 e. The molecule has 5 heteroatoms. The second kappa shape index (κ2) is 6.37. The van der Waals surface area contributed by atoms with Gasteiger partial charge in [-0.15, -0.1) is 0 Å². The van der Waals surface area contributed by atoms with Crippen LogP contribution in [0.4, 0.5) is 0 Å². The molecule has 0 aliphatic heterocycles. The monoisotopic (exact) mass is 202 g/mol. The number of hydrogen-bond acceptors (Lipinski definition) is 3. The summed E-state index contributed by atoms with van der Waals surface area (Å²) in [7, 11) is 1.64. The Morgan fingerprint density at radius 2 is 2.07 bits per heavy atom. The molecule has 0 fully saturated rings. The van der Waals surface area contributed by atoms with Gasteiger partial charge in [-0.25, -0.2) is 0 Å². The van der Waals surface area contributed by atoms with Gasteiger partial charge < -0.3 is 15.7 Å². The molecule has 0 rings (SSSR count). The first kappa shape index (κ1) is 12.9. The molecule has 0 aromatic carbocycles. The molecule has 3 N–H and O–H groups in total. The van der Waals surface area contributed by atoms with Crippen LogP contribution >= 0.6 is 0 Å². The number of likely N-dealkylation sites (N-methyl/N-ethyl adjacent to an activating group) is 1. The minimum absolute atomic E-state index is 0.0823. The van der Waals surface area contributed by atoms with Crippen molar-refractivity contribution in [3.05, 3.63) is 0 Å². The molecule has 0 aromatic heterocycles. The highest BCUT2D eigenvalue weighted by Crippen LogP contribution is 1.97. The fraction of sp³-hybridized carbons (Fsp3) is 0.778. The summed E-state index contributed by atoms with van der Waals surface area (Å²) in [5.41, 5.74) is 5.54. The van der Waals surface area contributed by atoms with E-state index >= 15 is 0 Å². The second-order valence-electron chi connectivity index (χ2n) is 3.27. The summed E-state index contributed by atoms with van der Waals surface area (Å²) in [5.74, 6) is -0.969. The molecule has 0 bridgehead atoms. The number of carboxylic acid groups (broad SMARTS) is 1. The van der Waals surface area contributed by atoms with E-state index in [1.807, 2.05) is 6.92 Å². The van der Waals surface area contributed by atoms with Crippen LogP contribution in [0.25, 0.3) is 0 Å². The molecule has 0 aromatic rings. The van der Waals surface area contributed by atoms with E-state index in [4.69, 9.17) is 10.8 Å². The Kier molecular flexibility index (Phi) is 5.87. The average Bonchev–Trinajstić information content (AvgIpc) is 2.14. The molecular weight excluding hydrogens is 184 g/mol. The number of aliphatic carboxylic acids is 1. The summed E-state index contributed by atoms with van der Waals surface area (Å²) in [6.45, 7) is 2.28. The molecule has 1 amide bonds. The lowest BCUT2D eigenvalue weighted by molar-refractivity contribution is -0.138. The van der Waals surface area contributed by atoms with Gasteiger partial charge >= 0.3 is 5.97 Å². The summed E-state index contributed by atoms with van der Waals surface area (Å²) in [6, 6.07) is -0.468. The van der Waals surface area contributed by atoms with Crippen LogP contribution in [-0.4, -0.2) is 41.5 Å². The Morgan fingerprint density at radius 1 is 1.50 bits per heavy atom. The summed E-state index contributed by atoms with van der Waals surface area (Å²) in [5, 5.41) is 8.39. The summed E-state index contributed by atoms with van der Waals surface area (Å²) in [4.78, 5) is 23.1. The number of rotatable bonds is 6. The van der Waals surface area contributed by atoms with Crippen molar-refractivity contribution in [2.45, 2.75) is 32.2 Å². The van der Waals surface area contributed by atoms with Gasteiger partial charge in [0.25, 0.3) is 0 Å². The number of amides is 1. The van der Waals surface area contributed by atoms with E-state index in [0.717, 1.165) is 0 Å². The maximum atomic E-state index is 11.4. The molecule has 1 atom stereocenters. The molecule has 5 nitrogen and oxygen atoms in total. The van der Waals surface area contributed by atoms with E-state index in [0.29, 0.717) is 19.4 Å². The Morgan fingerprint density at radius 3 is 2.50 bits per heavy atom. The summed E-state index contributed by atoms with van der Waals surface area (Å²) < 4.78 is 0. The summed E-state index contributed by atoms with van der Waals surface area (Å²) >= 11 is 0. The van der Waals surface area contributed by atoms with Gasteiger partial charge in [0, 0.05) is 20.0 Å². The third-order valence-corrected chi connectivity index (χ3v) is 2.02. The van der Waals surface area contributed by atoms with E-state index in [1.165, 1.54) is 4.90 Å². The van der Waals surface area contributed by atoms with Crippen LogP contribution in [-0.2, 0) is 9.59 Å². The minimum atomic E-state index is -0.842. The van der Waals surface area contributed by atoms with E-state index in [2.05, 4.69) is 0 Å². The molecule has 82 valence electrons. The standard InChI is InChI=1S/C9H18N2O3/c1-3-7(10)9(14)11(2)6-4-5-8(12)13/h7H,3-6,10H2,1-2H3,(H,12,13). The molecule has 0 aliphatic rings. The smallest absolute Gasteiger partial charge is 0.303 e. The first-order valence-corrected chi connectivity index (χ1v) is 4.71. The Balaban J connectivity index is 3.78. The van der Waals surface area contributed by atoms with Gasteiger partial charge in [0.2, 0.25) is 5.91 Å². The van der Waals surface area contributed by atoms with Gasteiger partial charge in [-0.1, -0.05) is 6.92 Å². The Hall–Kier alpha value is -1.10. The van der Waals surface area contributed by atoms with Crippen LogP contribution < -0.4 is 5.73 Å². The van der Waals surface area contributed by atoms with Gasteiger partial charge in [-0.3, -0.25) is 9.59 Å². The SMILES string of the molecule is CCC(N)C(=O)N(C)CCCC(=O)O. The van der Waals surface area contributed by atoms with Crippen molar-refractivity contribution in [2.75, 3.05) is 13.6 Å². The molecule has 0 saturated heterocycles. The van der Waals surface area contributed by atoms with Crippen LogP contribution in [0.5, 0.6) is 0 Å². The zero-order valence-electron chi connectivity index (χ0n) is 8.69. The lowest BCUT2D eigenvalue weighted by Crippen LogP contribution is -2.41. The molecule has 0 radical (unpaired) electrons. The van der Waals surface area contributed by atoms with Gasteiger partial charge in [0.15, 0.2) is 0 Å². The van der Waals surface area contributed by atoms with Crippen LogP contribution in [0.2, 0.25) is 0 Å². The number of hydrogen-bond donors (Lipinski definition) is 2. The highest BCUT2D eigenvalue weighted by molar-refractivity contribution is 5.81. The lowest BCUT2D eigenvalue weighted by atomic mass is 10.2. The highest BCUT2D eigenvalue weighted by Gasteiger charge is 2.15. The highest BCUT2D eigenvalue weighted by atomic mass is 16.4. The number of nitrogens with two attached hydrogens (primary N) is 1. The van der Waals surface area contributed by atoms with E-state index in [-0.39, 0.29) is 12.3 Å². The van der Waals surface area contributed by atoms with Gasteiger partial charge in [0.1, 0.15) is 0 Å². The van der Waals surface area contributed by atoms with Crippen LogP contribution in [0.3, 0.4) is 0 Å². The van der Waals surface area contributed by atoms with E-state index in [1.54, 1.807) is 7.05 Å². The number of carboxylic acids is 1. The van der Waals surface area contributed by atoms with E-state index < -0.39 is 12.0 Å². The first-order chi connectivity index (χ1) is 6.49. The van der Waals surface area contributed by atoms with Crippen molar-refractivity contribution < 1.29 is 14.7 Å². The van der Waals surface area contributed by atoms with Crippen molar-refractivity contribution in [1.29, 1.82) is 0 Å². The van der Waals surface area contributed by atoms with Crippen molar-refractivity contribution >= 4 is 11.9 Å². The van der Waals surface area contributed by atoms with Gasteiger partial charge in [0.05, 0.1) is 6.04 Å². The third-order valence-electron chi connectivity index (χ3n) is 2.02. The van der Waals surface area contributed by atoms with Crippen molar-refractivity contribution in [1.82, 2.24) is 4.90 Å². The molecule has 0 aliphatic carbocycles. The van der Waals surface area contributed by atoms with Crippen LogP contribution in [0.15, 0.2) is 0 Å². The normalized spacial score (nSPS) is 12.2. The van der Waals surface area contributed by atoms with Crippen molar-refractivity contribution in [2.24, 2.45) is 5.73 Å².